The van der Waals surface area contributed by atoms with E-state index in [0.717, 1.165) is 32.5 Å². The Morgan fingerprint density at radius 3 is 2.20 bits per heavy atom. The van der Waals surface area contributed by atoms with Crippen LogP contribution in [0.3, 0.4) is 0 Å². The summed E-state index contributed by atoms with van der Waals surface area (Å²) < 4.78 is 36.1. The lowest BCUT2D eigenvalue weighted by Gasteiger charge is -2.35. The summed E-state index contributed by atoms with van der Waals surface area (Å²) in [4.78, 5) is 12.9. The van der Waals surface area contributed by atoms with Gasteiger partial charge in [0, 0.05) is 18.6 Å². The Kier molecular flexibility index (Phi) is 7.27. The van der Waals surface area contributed by atoms with Crippen LogP contribution in [-0.4, -0.2) is 48.7 Å². The Labute approximate surface area is 123 Å². The molecule has 0 radical (unpaired) electrons. The number of carbonyl (C=O) groups excluding carboxylic acids is 1. The average Bonchev–Trinajstić information content (AvgIpc) is 2.24. The molecular formula is C12H23ClF3N3O. The fourth-order valence-corrected chi connectivity index (χ4v) is 2.26. The van der Waals surface area contributed by atoms with E-state index in [2.05, 4.69) is 4.90 Å². The minimum atomic E-state index is -4.79. The smallest absolute Gasteiger partial charge is 0.348 e. The van der Waals surface area contributed by atoms with Crippen molar-refractivity contribution in [2.24, 2.45) is 11.7 Å². The van der Waals surface area contributed by atoms with Crippen LogP contribution in [0.4, 0.5) is 13.2 Å². The molecule has 8 heteroatoms. The van der Waals surface area contributed by atoms with Crippen LogP contribution in [0.15, 0.2) is 0 Å². The molecule has 0 aromatic carbocycles. The van der Waals surface area contributed by atoms with Crippen LogP contribution < -0.4 is 11.1 Å². The number of carbonyl (C=O) groups is 1. The van der Waals surface area contributed by atoms with E-state index in [4.69, 9.17) is 5.73 Å². The van der Waals surface area contributed by atoms with E-state index in [9.17, 15) is 18.0 Å². The zero-order chi connectivity index (χ0) is 14.7. The molecule has 1 amide bonds. The van der Waals surface area contributed by atoms with E-state index in [1.54, 1.807) is 0 Å². The number of alkyl halides is 3. The molecule has 120 valence electrons. The van der Waals surface area contributed by atoms with E-state index < -0.39 is 12.1 Å². The van der Waals surface area contributed by atoms with Crippen LogP contribution in [0.2, 0.25) is 0 Å². The zero-order valence-corrected chi connectivity index (χ0v) is 12.6. The Hall–Kier alpha value is -0.530. The first-order valence-corrected chi connectivity index (χ1v) is 6.44. The van der Waals surface area contributed by atoms with E-state index in [0.29, 0.717) is 0 Å². The number of halogens is 4. The molecular weight excluding hydrogens is 295 g/mol. The number of rotatable bonds is 4. The number of nitrogens with zero attached hydrogens (tertiary/aromatic N) is 1. The number of nitrogens with two attached hydrogens (primary N) is 1. The van der Waals surface area contributed by atoms with Gasteiger partial charge in [0.1, 0.15) is 0 Å². The van der Waals surface area contributed by atoms with E-state index in [1.807, 2.05) is 19.2 Å². The van der Waals surface area contributed by atoms with Crippen LogP contribution in [0.25, 0.3) is 0 Å². The monoisotopic (exact) mass is 317 g/mol. The number of hydrogen-bond donors (Lipinski definition) is 2. The molecule has 3 N–H and O–H groups in total. The fourth-order valence-electron chi connectivity index (χ4n) is 2.26. The highest BCUT2D eigenvalue weighted by molar-refractivity contribution is 5.85. The molecule has 4 nitrogen and oxygen atoms in total. The van der Waals surface area contributed by atoms with Crippen molar-refractivity contribution in [2.75, 3.05) is 26.2 Å². The third-order valence-corrected chi connectivity index (χ3v) is 3.15. The molecule has 0 unspecified atom stereocenters. The molecule has 0 bridgehead atoms. The van der Waals surface area contributed by atoms with Gasteiger partial charge in [0.05, 0.1) is 0 Å². The molecule has 1 aliphatic heterocycles. The topological polar surface area (TPSA) is 58.4 Å². The van der Waals surface area contributed by atoms with Crippen molar-refractivity contribution in [2.45, 2.75) is 38.4 Å². The Morgan fingerprint density at radius 1 is 1.30 bits per heavy atom. The van der Waals surface area contributed by atoms with Gasteiger partial charge in [-0.15, -0.1) is 12.4 Å². The summed E-state index contributed by atoms with van der Waals surface area (Å²) in [5.41, 5.74) is 5.66. The molecule has 20 heavy (non-hydrogen) atoms. The van der Waals surface area contributed by atoms with E-state index in [-0.39, 0.29) is 30.4 Å². The SMILES string of the molecule is CC(C)(N)CN1CCC(CNC(=O)C(F)(F)F)CC1.Cl. The van der Waals surface area contributed by atoms with Crippen molar-refractivity contribution < 1.29 is 18.0 Å². The summed E-state index contributed by atoms with van der Waals surface area (Å²) in [6, 6.07) is 0. The van der Waals surface area contributed by atoms with Crippen LogP contribution >= 0.6 is 12.4 Å². The van der Waals surface area contributed by atoms with Gasteiger partial charge in [-0.05, 0) is 45.7 Å². The van der Waals surface area contributed by atoms with E-state index in [1.165, 1.54) is 0 Å². The van der Waals surface area contributed by atoms with Gasteiger partial charge in [-0.3, -0.25) is 4.79 Å². The van der Waals surface area contributed by atoms with Crippen molar-refractivity contribution in [3.05, 3.63) is 0 Å². The molecule has 1 heterocycles. The first kappa shape index (κ1) is 19.5. The van der Waals surface area contributed by atoms with Gasteiger partial charge in [-0.1, -0.05) is 0 Å². The highest BCUT2D eigenvalue weighted by Crippen LogP contribution is 2.19. The Morgan fingerprint density at radius 2 is 1.80 bits per heavy atom. The lowest BCUT2D eigenvalue weighted by Crippen LogP contribution is -2.49. The number of hydrogen-bond acceptors (Lipinski definition) is 3. The van der Waals surface area contributed by atoms with Gasteiger partial charge in [-0.2, -0.15) is 13.2 Å². The summed E-state index contributed by atoms with van der Waals surface area (Å²) in [5.74, 6) is -1.73. The van der Waals surface area contributed by atoms with Gasteiger partial charge < -0.3 is 16.0 Å². The predicted molar refractivity (Wildman–Crippen MR) is 73.7 cm³/mol. The molecule has 1 aliphatic rings. The molecule has 0 aromatic heterocycles. The van der Waals surface area contributed by atoms with Crippen LogP contribution in [-0.2, 0) is 4.79 Å². The Bertz CT molecular complexity index is 310. The number of amides is 1. The highest BCUT2D eigenvalue weighted by atomic mass is 35.5. The van der Waals surface area contributed by atoms with Gasteiger partial charge in [0.15, 0.2) is 0 Å². The lowest BCUT2D eigenvalue weighted by molar-refractivity contribution is -0.173. The Balaban J connectivity index is 0.00000361. The van der Waals surface area contributed by atoms with Gasteiger partial charge in [0.2, 0.25) is 0 Å². The minimum absolute atomic E-state index is 0. The first-order valence-electron chi connectivity index (χ1n) is 6.44. The number of piperidine rings is 1. The molecule has 1 fully saturated rings. The summed E-state index contributed by atoms with van der Waals surface area (Å²) in [5, 5.41) is 1.95. The maximum absolute atomic E-state index is 12.0. The van der Waals surface area contributed by atoms with Crippen molar-refractivity contribution in [1.29, 1.82) is 0 Å². The summed E-state index contributed by atoms with van der Waals surface area (Å²) in [6.07, 6.45) is -3.22. The molecule has 0 spiro atoms. The zero-order valence-electron chi connectivity index (χ0n) is 11.8. The first-order chi connectivity index (χ1) is 8.58. The number of nitrogens with one attached hydrogen (secondary N) is 1. The van der Waals surface area contributed by atoms with Crippen molar-refractivity contribution >= 4 is 18.3 Å². The second-order valence-corrected chi connectivity index (χ2v) is 5.92. The quantitative estimate of drug-likeness (QED) is 0.827. The fraction of sp³-hybridized carbons (Fsp3) is 0.917. The van der Waals surface area contributed by atoms with Crippen molar-refractivity contribution in [3.8, 4) is 0 Å². The minimum Gasteiger partial charge on any atom is -0.348 e. The molecule has 0 saturated carbocycles. The second kappa shape index (κ2) is 7.47. The summed E-state index contributed by atoms with van der Waals surface area (Å²) >= 11 is 0. The normalized spacial score (nSPS) is 18.5. The average molecular weight is 318 g/mol. The van der Waals surface area contributed by atoms with Crippen molar-refractivity contribution in [3.63, 3.8) is 0 Å². The molecule has 0 aliphatic carbocycles. The maximum Gasteiger partial charge on any atom is 0.471 e. The van der Waals surface area contributed by atoms with Crippen LogP contribution in [0.5, 0.6) is 0 Å². The highest BCUT2D eigenvalue weighted by Gasteiger charge is 2.38. The largest absolute Gasteiger partial charge is 0.471 e. The molecule has 1 rings (SSSR count). The second-order valence-electron chi connectivity index (χ2n) is 5.92. The lowest BCUT2D eigenvalue weighted by atomic mass is 9.95. The summed E-state index contributed by atoms with van der Waals surface area (Å²) in [7, 11) is 0. The third-order valence-electron chi connectivity index (χ3n) is 3.15. The van der Waals surface area contributed by atoms with Gasteiger partial charge >= 0.3 is 12.1 Å². The van der Waals surface area contributed by atoms with Crippen LogP contribution in [0, 0.1) is 5.92 Å². The standard InChI is InChI=1S/C12H22F3N3O.ClH/c1-11(2,16)8-18-5-3-9(4-6-18)7-17-10(19)12(13,14)15;/h9H,3-8,16H2,1-2H3,(H,17,19);1H. The third kappa shape index (κ3) is 7.31. The van der Waals surface area contributed by atoms with Crippen LogP contribution in [0.1, 0.15) is 26.7 Å². The van der Waals surface area contributed by atoms with Gasteiger partial charge in [0.25, 0.3) is 0 Å². The van der Waals surface area contributed by atoms with E-state index >= 15 is 0 Å². The van der Waals surface area contributed by atoms with Crippen molar-refractivity contribution in [1.82, 2.24) is 10.2 Å². The molecule has 0 atom stereocenters. The van der Waals surface area contributed by atoms with Gasteiger partial charge in [-0.25, -0.2) is 0 Å². The molecule has 0 aromatic rings. The number of likely N-dealkylation sites (tertiary alicyclic amines) is 1. The maximum atomic E-state index is 12.0. The predicted octanol–water partition coefficient (Wildman–Crippen LogP) is 1.54. The summed E-state index contributed by atoms with van der Waals surface area (Å²) in [6.45, 7) is 6.39. The molecule has 1 saturated heterocycles.